The van der Waals surface area contributed by atoms with Crippen LogP contribution in [0, 0.1) is 21.7 Å². The summed E-state index contributed by atoms with van der Waals surface area (Å²) in [5.74, 6) is -1.34. The fraction of sp³-hybridized carbons (Fsp3) is 0. The summed E-state index contributed by atoms with van der Waals surface area (Å²) in [6.07, 6.45) is 2.96. The van der Waals surface area contributed by atoms with Crippen molar-refractivity contribution in [1.82, 2.24) is 4.98 Å². The molecule has 0 aliphatic heterocycles. The Hall–Kier alpha value is -3.15. The number of halogens is 2. The van der Waals surface area contributed by atoms with Crippen molar-refractivity contribution < 1.29 is 13.7 Å². The van der Waals surface area contributed by atoms with Crippen LogP contribution in [0.1, 0.15) is 11.3 Å². The molecule has 0 fully saturated rings. The van der Waals surface area contributed by atoms with Crippen LogP contribution < -0.4 is 0 Å². The normalized spacial score (nSPS) is 11.2. The van der Waals surface area contributed by atoms with Gasteiger partial charge in [-0.15, -0.1) is 0 Å². The maximum absolute atomic E-state index is 13.6. The fourth-order valence-electron chi connectivity index (χ4n) is 2.20. The number of nitro benzene ring substituents is 1. The average Bonchev–Trinajstić information content (AvgIpc) is 2.53. The van der Waals surface area contributed by atoms with Crippen LogP contribution >= 0.6 is 0 Å². The molecular weight excluding hydrogens is 302 g/mol. The van der Waals surface area contributed by atoms with Gasteiger partial charge in [-0.05, 0) is 30.4 Å². The van der Waals surface area contributed by atoms with Crippen LogP contribution in [0.2, 0.25) is 0 Å². The molecule has 114 valence electrons. The van der Waals surface area contributed by atoms with Crippen LogP contribution in [0.3, 0.4) is 0 Å². The zero-order chi connectivity index (χ0) is 16.4. The number of benzene rings is 2. The summed E-state index contributed by atoms with van der Waals surface area (Å²) in [6, 6.07) is 11.3. The van der Waals surface area contributed by atoms with Crippen molar-refractivity contribution in [3.63, 3.8) is 0 Å². The van der Waals surface area contributed by atoms with Gasteiger partial charge in [-0.25, -0.2) is 13.8 Å². The molecule has 0 bridgehead atoms. The predicted molar refractivity (Wildman–Crippen MR) is 83.7 cm³/mol. The molecule has 4 nitrogen and oxygen atoms in total. The minimum absolute atomic E-state index is 0.0919. The van der Waals surface area contributed by atoms with E-state index in [9.17, 15) is 18.9 Å². The second-order valence-electron chi connectivity index (χ2n) is 4.84. The van der Waals surface area contributed by atoms with Crippen LogP contribution in [-0.4, -0.2) is 9.91 Å². The van der Waals surface area contributed by atoms with E-state index in [4.69, 9.17) is 0 Å². The molecule has 3 aromatic rings. The van der Waals surface area contributed by atoms with Crippen LogP contribution in [0.4, 0.5) is 14.5 Å². The third-order valence-electron chi connectivity index (χ3n) is 3.31. The Kier molecular flexibility index (Phi) is 3.80. The number of rotatable bonds is 3. The van der Waals surface area contributed by atoms with Crippen LogP contribution in [0.5, 0.6) is 0 Å². The molecular formula is C17H10F2N2O2. The van der Waals surface area contributed by atoms with Crippen molar-refractivity contribution in [3.8, 4) is 0 Å². The molecule has 3 rings (SSSR count). The fourth-order valence-corrected chi connectivity index (χ4v) is 2.20. The van der Waals surface area contributed by atoms with Gasteiger partial charge in [0.15, 0.2) is 0 Å². The third-order valence-corrected chi connectivity index (χ3v) is 3.31. The molecule has 2 aromatic carbocycles. The van der Waals surface area contributed by atoms with E-state index in [0.717, 1.165) is 12.1 Å². The summed E-state index contributed by atoms with van der Waals surface area (Å²) in [7, 11) is 0. The quantitative estimate of drug-likeness (QED) is 0.525. The first kappa shape index (κ1) is 14.8. The van der Waals surface area contributed by atoms with E-state index < -0.39 is 16.6 Å². The van der Waals surface area contributed by atoms with E-state index in [1.165, 1.54) is 24.3 Å². The number of fused-ring (bicyclic) bond motifs is 1. The molecule has 0 saturated heterocycles. The summed E-state index contributed by atoms with van der Waals surface area (Å²) in [4.78, 5) is 14.8. The maximum Gasteiger partial charge on any atom is 0.295 e. The topological polar surface area (TPSA) is 56.0 Å². The van der Waals surface area contributed by atoms with E-state index in [2.05, 4.69) is 4.98 Å². The number of non-ortho nitro benzene ring substituents is 1. The Morgan fingerprint density at radius 3 is 2.61 bits per heavy atom. The zero-order valence-corrected chi connectivity index (χ0v) is 11.7. The van der Waals surface area contributed by atoms with Crippen molar-refractivity contribution in [1.29, 1.82) is 0 Å². The monoisotopic (exact) mass is 312 g/mol. The SMILES string of the molecule is O=[N+]([O-])c1cccc2ccc(/C=C/c3ccc(F)cc3F)nc12. The summed E-state index contributed by atoms with van der Waals surface area (Å²) >= 11 is 0. The second kappa shape index (κ2) is 5.92. The molecule has 6 heteroatoms. The highest BCUT2D eigenvalue weighted by Crippen LogP contribution is 2.24. The van der Waals surface area contributed by atoms with Crippen molar-refractivity contribution in [2.24, 2.45) is 0 Å². The van der Waals surface area contributed by atoms with Crippen LogP contribution in [0.25, 0.3) is 23.1 Å². The molecule has 0 saturated carbocycles. The smallest absolute Gasteiger partial charge is 0.258 e. The lowest BCUT2D eigenvalue weighted by molar-refractivity contribution is -0.383. The van der Waals surface area contributed by atoms with Crippen molar-refractivity contribution in [3.05, 3.63) is 81.5 Å². The second-order valence-corrected chi connectivity index (χ2v) is 4.84. The Morgan fingerprint density at radius 1 is 1.04 bits per heavy atom. The maximum atomic E-state index is 13.6. The first-order valence-electron chi connectivity index (χ1n) is 6.72. The van der Waals surface area contributed by atoms with Crippen LogP contribution in [-0.2, 0) is 0 Å². The van der Waals surface area contributed by atoms with Gasteiger partial charge in [0.1, 0.15) is 17.2 Å². The Balaban J connectivity index is 2.02. The standard InChI is InChI=1S/C17H10F2N2O2/c18-13-7-4-11(15(19)10-13)5-8-14-9-6-12-2-1-3-16(21(22)23)17(12)20-14/h1-10H/b8-5+. The Morgan fingerprint density at radius 2 is 1.87 bits per heavy atom. The van der Waals surface area contributed by atoms with Gasteiger partial charge in [-0.3, -0.25) is 10.1 Å². The number of para-hydroxylation sites is 1. The molecule has 0 amide bonds. The highest BCUT2D eigenvalue weighted by atomic mass is 19.1. The van der Waals surface area contributed by atoms with Crippen molar-refractivity contribution in [2.75, 3.05) is 0 Å². The van der Waals surface area contributed by atoms with E-state index in [1.807, 2.05) is 0 Å². The molecule has 0 radical (unpaired) electrons. The minimum Gasteiger partial charge on any atom is -0.258 e. The number of hydrogen-bond donors (Lipinski definition) is 0. The van der Waals surface area contributed by atoms with Crippen molar-refractivity contribution in [2.45, 2.75) is 0 Å². The van der Waals surface area contributed by atoms with E-state index in [0.29, 0.717) is 11.1 Å². The molecule has 0 unspecified atom stereocenters. The molecule has 1 aromatic heterocycles. The van der Waals surface area contributed by atoms with E-state index >= 15 is 0 Å². The van der Waals surface area contributed by atoms with Gasteiger partial charge in [0.05, 0.1) is 10.6 Å². The number of pyridine rings is 1. The zero-order valence-electron chi connectivity index (χ0n) is 11.7. The minimum atomic E-state index is -0.687. The highest BCUT2D eigenvalue weighted by molar-refractivity contribution is 5.88. The van der Waals surface area contributed by atoms with E-state index in [-0.39, 0.29) is 16.8 Å². The Bertz CT molecular complexity index is 939. The lowest BCUT2D eigenvalue weighted by Gasteiger charge is -2.01. The molecule has 0 atom stereocenters. The predicted octanol–water partition coefficient (Wildman–Crippen LogP) is 4.59. The molecule has 1 heterocycles. The van der Waals surface area contributed by atoms with Gasteiger partial charge in [-0.1, -0.05) is 18.2 Å². The van der Waals surface area contributed by atoms with Crippen molar-refractivity contribution >= 4 is 28.7 Å². The van der Waals surface area contributed by atoms with Gasteiger partial charge in [-0.2, -0.15) is 0 Å². The largest absolute Gasteiger partial charge is 0.295 e. The van der Waals surface area contributed by atoms with Gasteiger partial charge in [0.2, 0.25) is 0 Å². The summed E-state index contributed by atoms with van der Waals surface area (Å²) in [6.45, 7) is 0. The van der Waals surface area contributed by atoms with Gasteiger partial charge >= 0.3 is 0 Å². The first-order chi connectivity index (χ1) is 11.0. The first-order valence-corrected chi connectivity index (χ1v) is 6.72. The molecule has 23 heavy (non-hydrogen) atoms. The van der Waals surface area contributed by atoms with Gasteiger partial charge in [0.25, 0.3) is 5.69 Å². The number of hydrogen-bond acceptors (Lipinski definition) is 3. The summed E-state index contributed by atoms with van der Waals surface area (Å²) in [5, 5.41) is 11.7. The summed E-state index contributed by atoms with van der Waals surface area (Å²) in [5.41, 5.74) is 0.816. The lowest BCUT2D eigenvalue weighted by Crippen LogP contribution is -1.92. The number of nitro groups is 1. The average molecular weight is 312 g/mol. The lowest BCUT2D eigenvalue weighted by atomic mass is 10.1. The van der Waals surface area contributed by atoms with Gasteiger partial charge in [0, 0.05) is 23.1 Å². The highest BCUT2D eigenvalue weighted by Gasteiger charge is 2.12. The molecule has 0 N–H and O–H groups in total. The number of nitrogens with zero attached hydrogens (tertiary/aromatic N) is 2. The molecule has 0 aliphatic rings. The molecule has 0 spiro atoms. The molecule has 0 aliphatic carbocycles. The summed E-state index contributed by atoms with van der Waals surface area (Å²) < 4.78 is 26.4. The van der Waals surface area contributed by atoms with Crippen LogP contribution in [0.15, 0.2) is 48.5 Å². The van der Waals surface area contributed by atoms with Gasteiger partial charge < -0.3 is 0 Å². The third kappa shape index (κ3) is 3.06. The Labute approximate surface area is 129 Å². The number of aromatic nitrogens is 1. The van der Waals surface area contributed by atoms with E-state index in [1.54, 1.807) is 24.3 Å².